The Morgan fingerprint density at radius 1 is 1.26 bits per heavy atom. The third kappa shape index (κ3) is 12.5. The van der Waals surface area contributed by atoms with Gasteiger partial charge in [0.25, 0.3) is 0 Å². The van der Waals surface area contributed by atoms with Crippen LogP contribution in [0.15, 0.2) is 23.3 Å². The standard InChI is InChI=1S/C10H20O7P2/c1-9(2)5-4-6-10(3)7-8-16-19(14,15)17-18(11,12)13/h5,7H,4,6,8H2,1-3H3,(H,14,15)(H2,11,12,13)/b10-7+/i1D3/b9-5-,10-7+. The van der Waals surface area contributed by atoms with E-state index in [4.69, 9.17) is 18.8 Å². The van der Waals surface area contributed by atoms with Gasteiger partial charge in [-0.15, -0.1) is 0 Å². The molecule has 0 saturated carbocycles. The lowest BCUT2D eigenvalue weighted by Crippen LogP contribution is -1.94. The molecule has 0 aliphatic heterocycles. The van der Waals surface area contributed by atoms with Crippen molar-refractivity contribution in [2.24, 2.45) is 0 Å². The molecule has 19 heavy (non-hydrogen) atoms. The number of phosphoric acid groups is 2. The maximum Gasteiger partial charge on any atom is 0.481 e. The topological polar surface area (TPSA) is 113 Å². The largest absolute Gasteiger partial charge is 0.481 e. The van der Waals surface area contributed by atoms with Crippen molar-refractivity contribution >= 4 is 15.6 Å². The summed E-state index contributed by atoms with van der Waals surface area (Å²) in [6.45, 7) is 0.719. The molecule has 0 saturated heterocycles. The van der Waals surface area contributed by atoms with Crippen LogP contribution in [0.1, 0.15) is 37.7 Å². The third-order valence-corrected chi connectivity index (χ3v) is 4.02. The molecule has 0 aliphatic carbocycles. The first-order valence-corrected chi connectivity index (χ1v) is 8.32. The van der Waals surface area contributed by atoms with Crippen LogP contribution >= 0.6 is 15.6 Å². The molecule has 112 valence electrons. The van der Waals surface area contributed by atoms with E-state index in [9.17, 15) is 9.13 Å². The van der Waals surface area contributed by atoms with Gasteiger partial charge in [0.2, 0.25) is 0 Å². The zero-order valence-electron chi connectivity index (χ0n) is 13.6. The smallest absolute Gasteiger partial charge is 0.302 e. The van der Waals surface area contributed by atoms with Crippen molar-refractivity contribution in [3.05, 3.63) is 23.3 Å². The third-order valence-electron chi connectivity index (χ3n) is 1.87. The molecule has 1 unspecified atom stereocenters. The van der Waals surface area contributed by atoms with Crippen LogP contribution in [0.3, 0.4) is 0 Å². The van der Waals surface area contributed by atoms with Gasteiger partial charge < -0.3 is 14.7 Å². The lowest BCUT2D eigenvalue weighted by atomic mass is 10.1. The van der Waals surface area contributed by atoms with Crippen molar-refractivity contribution in [1.82, 2.24) is 0 Å². The Balaban J connectivity index is 4.31. The molecular formula is C10H20O7P2. The maximum absolute atomic E-state index is 11.1. The fourth-order valence-corrected chi connectivity index (χ4v) is 2.58. The molecule has 7 nitrogen and oxygen atoms in total. The van der Waals surface area contributed by atoms with Crippen molar-refractivity contribution in [3.8, 4) is 0 Å². The summed E-state index contributed by atoms with van der Waals surface area (Å²) < 4.78 is 51.1. The van der Waals surface area contributed by atoms with E-state index in [2.05, 4.69) is 8.83 Å². The van der Waals surface area contributed by atoms with E-state index in [1.54, 1.807) is 13.0 Å². The first-order valence-electron chi connectivity index (χ1n) is 6.80. The quantitative estimate of drug-likeness (QED) is 0.466. The highest BCUT2D eigenvalue weighted by molar-refractivity contribution is 7.60. The molecule has 0 aromatic heterocycles. The highest BCUT2D eigenvalue weighted by Crippen LogP contribution is 2.57. The Labute approximate surface area is 117 Å². The van der Waals surface area contributed by atoms with Crippen molar-refractivity contribution in [1.29, 1.82) is 0 Å². The van der Waals surface area contributed by atoms with Gasteiger partial charge in [-0.05, 0) is 33.5 Å². The molecule has 0 aromatic carbocycles. The number of hydrogen-bond donors (Lipinski definition) is 3. The van der Waals surface area contributed by atoms with Crippen molar-refractivity contribution in [2.45, 2.75) is 33.5 Å². The van der Waals surface area contributed by atoms with Crippen LogP contribution in [-0.2, 0) is 18.0 Å². The summed E-state index contributed by atoms with van der Waals surface area (Å²) in [5, 5.41) is 0. The Morgan fingerprint density at radius 3 is 2.42 bits per heavy atom. The van der Waals surface area contributed by atoms with Crippen LogP contribution in [0.2, 0.25) is 0 Å². The van der Waals surface area contributed by atoms with Gasteiger partial charge in [0.05, 0.1) is 6.61 Å². The number of hydrogen-bond acceptors (Lipinski definition) is 4. The van der Waals surface area contributed by atoms with E-state index in [0.717, 1.165) is 5.57 Å². The van der Waals surface area contributed by atoms with Crippen LogP contribution in [-0.4, -0.2) is 21.3 Å². The lowest BCUT2D eigenvalue weighted by Gasteiger charge is -2.11. The Bertz CT molecular complexity index is 521. The molecule has 9 heteroatoms. The van der Waals surface area contributed by atoms with E-state index < -0.39 is 22.5 Å². The van der Waals surface area contributed by atoms with Gasteiger partial charge in [-0.3, -0.25) is 4.52 Å². The van der Waals surface area contributed by atoms with E-state index in [1.807, 2.05) is 0 Å². The minimum absolute atomic E-state index is 0.284. The number of phosphoric ester groups is 1. The van der Waals surface area contributed by atoms with E-state index in [-0.39, 0.29) is 12.2 Å². The van der Waals surface area contributed by atoms with Gasteiger partial charge in [0, 0.05) is 4.11 Å². The van der Waals surface area contributed by atoms with Gasteiger partial charge in [-0.25, -0.2) is 9.13 Å². The van der Waals surface area contributed by atoms with Crippen LogP contribution in [0.5, 0.6) is 0 Å². The monoisotopic (exact) mass is 317 g/mol. The van der Waals surface area contributed by atoms with Gasteiger partial charge in [-0.1, -0.05) is 23.3 Å². The molecule has 0 radical (unpaired) electrons. The highest BCUT2D eigenvalue weighted by atomic mass is 31.3. The first kappa shape index (κ1) is 13.7. The molecular weight excluding hydrogens is 294 g/mol. The van der Waals surface area contributed by atoms with Crippen LogP contribution in [0.4, 0.5) is 0 Å². The van der Waals surface area contributed by atoms with Crippen LogP contribution < -0.4 is 0 Å². The summed E-state index contributed by atoms with van der Waals surface area (Å²) in [4.78, 5) is 25.8. The van der Waals surface area contributed by atoms with Gasteiger partial charge in [-0.2, -0.15) is 4.31 Å². The summed E-state index contributed by atoms with van der Waals surface area (Å²) in [6.07, 6.45) is 4.00. The zero-order chi connectivity index (χ0) is 17.6. The minimum atomic E-state index is -5.12. The average molecular weight is 317 g/mol. The first-order chi connectivity index (χ1) is 9.73. The molecule has 0 amide bonds. The van der Waals surface area contributed by atoms with E-state index in [0.29, 0.717) is 12.8 Å². The van der Waals surface area contributed by atoms with E-state index in [1.165, 1.54) is 13.0 Å². The molecule has 3 N–H and O–H groups in total. The van der Waals surface area contributed by atoms with Crippen LogP contribution in [0.25, 0.3) is 0 Å². The zero-order valence-corrected chi connectivity index (χ0v) is 12.4. The molecule has 0 heterocycles. The Morgan fingerprint density at radius 2 is 1.89 bits per heavy atom. The van der Waals surface area contributed by atoms with Gasteiger partial charge in [0.1, 0.15) is 0 Å². The SMILES string of the molecule is [2H]C([2H])([2H])/C(C)=C/CC/C(C)=C/COP(=O)(O)OP(=O)(O)O. The van der Waals surface area contributed by atoms with Gasteiger partial charge >= 0.3 is 15.6 Å². The normalized spacial score (nSPS) is 20.4. The molecule has 0 fully saturated rings. The maximum atomic E-state index is 11.1. The minimum Gasteiger partial charge on any atom is -0.302 e. The molecule has 0 aromatic rings. The molecule has 0 rings (SSSR count). The predicted molar refractivity (Wildman–Crippen MR) is 71.3 cm³/mol. The van der Waals surface area contributed by atoms with Gasteiger partial charge in [0.15, 0.2) is 0 Å². The molecule has 1 atom stereocenters. The average Bonchev–Trinajstić information content (AvgIpc) is 2.23. The second-order valence-electron chi connectivity index (χ2n) is 3.81. The summed E-state index contributed by atoms with van der Waals surface area (Å²) in [5.41, 5.74) is 1.04. The summed E-state index contributed by atoms with van der Waals surface area (Å²) >= 11 is 0. The highest BCUT2D eigenvalue weighted by Gasteiger charge is 2.31. The predicted octanol–water partition coefficient (Wildman–Crippen LogP) is 2.91. The fourth-order valence-electron chi connectivity index (χ4n) is 1.05. The van der Waals surface area contributed by atoms with E-state index >= 15 is 0 Å². The lowest BCUT2D eigenvalue weighted by molar-refractivity contribution is 0.191. The Hall–Kier alpha value is -0.260. The number of allylic oxidation sites excluding steroid dienone is 3. The number of rotatable bonds is 8. The van der Waals surface area contributed by atoms with Crippen LogP contribution in [0, 0.1) is 0 Å². The fraction of sp³-hybridized carbons (Fsp3) is 0.600. The molecule has 0 aliphatic rings. The summed E-state index contributed by atoms with van der Waals surface area (Å²) in [5.74, 6) is 0. The van der Waals surface area contributed by atoms with Crippen molar-refractivity contribution in [2.75, 3.05) is 6.61 Å². The van der Waals surface area contributed by atoms with Crippen molar-refractivity contribution in [3.63, 3.8) is 0 Å². The molecule has 0 bridgehead atoms. The Kier molecular flexibility index (Phi) is 5.86. The summed E-state index contributed by atoms with van der Waals surface area (Å²) in [6, 6.07) is 0. The van der Waals surface area contributed by atoms with Crippen molar-refractivity contribution < 1.29 is 36.8 Å². The second kappa shape index (κ2) is 8.12. The second-order valence-corrected chi connectivity index (χ2v) is 6.64. The molecule has 0 spiro atoms. The summed E-state index contributed by atoms with van der Waals surface area (Å²) in [7, 11) is -9.94.